The maximum absolute atomic E-state index is 12.7. The highest BCUT2D eigenvalue weighted by atomic mass is 32.2. The summed E-state index contributed by atoms with van der Waals surface area (Å²) < 4.78 is 1.64. The quantitative estimate of drug-likeness (QED) is 0.496. The Balaban J connectivity index is 1.29. The topological polar surface area (TPSA) is 92.7 Å². The summed E-state index contributed by atoms with van der Waals surface area (Å²) in [5.41, 5.74) is 5.68. The Morgan fingerprint density at radius 3 is 3.07 bits per heavy atom. The molecule has 0 saturated heterocycles. The number of benzene rings is 1. The first-order valence-corrected chi connectivity index (χ1v) is 11.8. The molecule has 3 aromatic heterocycles. The lowest BCUT2D eigenvalue weighted by molar-refractivity contribution is -0.116. The number of H-pyrrole nitrogens is 1. The molecule has 1 amide bonds. The van der Waals surface area contributed by atoms with Crippen molar-refractivity contribution in [1.29, 1.82) is 0 Å². The van der Waals surface area contributed by atoms with Crippen LogP contribution < -0.4 is 11.0 Å². The Bertz CT molecular complexity index is 1310. The predicted octanol–water partition coefficient (Wildman–Crippen LogP) is 3.61. The van der Waals surface area contributed by atoms with Crippen molar-refractivity contribution < 1.29 is 4.79 Å². The smallest absolute Gasteiger partial charge is 0.259 e. The number of carbonyl (C=O) groups is 1. The minimum atomic E-state index is -0.316. The van der Waals surface area contributed by atoms with Gasteiger partial charge < -0.3 is 4.98 Å². The first-order valence-electron chi connectivity index (χ1n) is 9.98. The van der Waals surface area contributed by atoms with Gasteiger partial charge in [-0.15, -0.1) is 23.1 Å². The molecule has 9 heteroatoms. The van der Waals surface area contributed by atoms with E-state index in [1.54, 1.807) is 22.3 Å². The van der Waals surface area contributed by atoms with E-state index in [4.69, 9.17) is 0 Å². The molecule has 7 nitrogen and oxygen atoms in total. The fraction of sp³-hybridized carbons (Fsp3) is 0.333. The predicted molar refractivity (Wildman–Crippen MR) is 122 cm³/mol. The van der Waals surface area contributed by atoms with Crippen molar-refractivity contribution in [1.82, 2.24) is 19.6 Å². The zero-order valence-corrected chi connectivity index (χ0v) is 18.1. The lowest BCUT2D eigenvalue weighted by Gasteiger charge is -2.13. The second-order valence-corrected chi connectivity index (χ2v) is 9.85. The molecule has 0 spiro atoms. The van der Waals surface area contributed by atoms with Crippen molar-refractivity contribution in [3.8, 4) is 0 Å². The standard InChI is InChI=1S/C21H21N5O2S2/c1-12(19(27)25-26-11-22-14-7-3-4-8-15(14)26)29-10-17-23-20(28)18-13-6-2-5-9-16(13)30-21(18)24-17/h3-4,7-8,11-12H,2,5-6,9-10H2,1H3,(H,25,27)(H,23,24,28)/t12-/m1/s1. The number of nitrogens with one attached hydrogen (secondary N) is 2. The fourth-order valence-electron chi connectivity index (χ4n) is 3.81. The van der Waals surface area contributed by atoms with Gasteiger partial charge in [0.05, 0.1) is 27.4 Å². The van der Waals surface area contributed by atoms with Gasteiger partial charge in [0, 0.05) is 4.88 Å². The Kier molecular flexibility index (Phi) is 5.08. The summed E-state index contributed by atoms with van der Waals surface area (Å²) in [5, 5.41) is 0.449. The van der Waals surface area contributed by atoms with Gasteiger partial charge in [0.25, 0.3) is 11.5 Å². The molecule has 1 aliphatic carbocycles. The third kappa shape index (κ3) is 3.52. The molecule has 154 valence electrons. The number of aromatic nitrogens is 4. The monoisotopic (exact) mass is 439 g/mol. The number of amides is 1. The van der Waals surface area contributed by atoms with Crippen LogP contribution in [0.25, 0.3) is 21.3 Å². The van der Waals surface area contributed by atoms with Crippen molar-refractivity contribution in [3.05, 3.63) is 57.2 Å². The van der Waals surface area contributed by atoms with Gasteiger partial charge in [-0.05, 0) is 50.3 Å². The van der Waals surface area contributed by atoms with E-state index in [1.807, 2.05) is 31.2 Å². The van der Waals surface area contributed by atoms with E-state index in [0.29, 0.717) is 11.6 Å². The highest BCUT2D eigenvalue weighted by Gasteiger charge is 2.20. The number of rotatable bonds is 5. The molecule has 1 atom stereocenters. The summed E-state index contributed by atoms with van der Waals surface area (Å²) in [7, 11) is 0. The average Bonchev–Trinajstić information content (AvgIpc) is 3.33. The molecule has 3 heterocycles. The second kappa shape index (κ2) is 7.88. The molecule has 0 radical (unpaired) electrons. The molecule has 5 rings (SSSR count). The molecule has 0 aliphatic heterocycles. The van der Waals surface area contributed by atoms with Gasteiger partial charge >= 0.3 is 0 Å². The SMILES string of the molecule is C[C@@H](SCc1nc2sc3c(c2c(=O)[nH]1)CCCC3)C(=O)Nn1cnc2ccccc21. The van der Waals surface area contributed by atoms with Gasteiger partial charge in [0.15, 0.2) is 0 Å². The molecule has 1 aliphatic rings. The molecule has 0 unspecified atom stereocenters. The van der Waals surface area contributed by atoms with Crippen LogP contribution in [0.2, 0.25) is 0 Å². The van der Waals surface area contributed by atoms with Gasteiger partial charge in [-0.25, -0.2) is 14.6 Å². The van der Waals surface area contributed by atoms with E-state index in [0.717, 1.165) is 40.5 Å². The number of aryl methyl sites for hydroxylation is 2. The van der Waals surface area contributed by atoms with Gasteiger partial charge in [-0.3, -0.25) is 15.0 Å². The second-order valence-electron chi connectivity index (χ2n) is 7.44. The molecule has 2 N–H and O–H groups in total. The van der Waals surface area contributed by atoms with E-state index >= 15 is 0 Å². The summed E-state index contributed by atoms with van der Waals surface area (Å²) in [6.45, 7) is 1.85. The first kappa shape index (κ1) is 19.3. The van der Waals surface area contributed by atoms with E-state index in [2.05, 4.69) is 20.4 Å². The summed E-state index contributed by atoms with van der Waals surface area (Å²) in [6.07, 6.45) is 5.92. The Hall–Kier alpha value is -2.65. The zero-order valence-electron chi connectivity index (χ0n) is 16.5. The number of para-hydroxylation sites is 2. The highest BCUT2D eigenvalue weighted by Crippen LogP contribution is 2.33. The van der Waals surface area contributed by atoms with Crippen molar-refractivity contribution in [2.75, 3.05) is 5.43 Å². The van der Waals surface area contributed by atoms with Crippen LogP contribution in [0, 0.1) is 0 Å². The summed E-state index contributed by atoms with van der Waals surface area (Å²) >= 11 is 3.09. The van der Waals surface area contributed by atoms with E-state index in [9.17, 15) is 9.59 Å². The molecular formula is C21H21N5O2S2. The first-order chi connectivity index (χ1) is 14.6. The number of hydrogen-bond donors (Lipinski definition) is 2. The number of nitrogens with zero attached hydrogens (tertiary/aromatic N) is 3. The summed E-state index contributed by atoms with van der Waals surface area (Å²) in [4.78, 5) is 39.3. The third-order valence-electron chi connectivity index (χ3n) is 5.40. The van der Waals surface area contributed by atoms with E-state index in [1.165, 1.54) is 28.6 Å². The van der Waals surface area contributed by atoms with Gasteiger partial charge in [-0.2, -0.15) is 0 Å². The maximum atomic E-state index is 12.7. The number of fused-ring (bicyclic) bond motifs is 4. The molecule has 30 heavy (non-hydrogen) atoms. The minimum Gasteiger partial charge on any atom is -0.309 e. The fourth-order valence-corrected chi connectivity index (χ4v) is 5.84. The van der Waals surface area contributed by atoms with Crippen molar-refractivity contribution in [2.24, 2.45) is 0 Å². The minimum absolute atomic E-state index is 0.0583. The number of carbonyl (C=O) groups excluding carboxylic acids is 1. The Labute approximate surface area is 180 Å². The maximum Gasteiger partial charge on any atom is 0.259 e. The molecule has 4 aromatic rings. The molecule has 0 saturated carbocycles. The molecular weight excluding hydrogens is 418 g/mol. The Morgan fingerprint density at radius 1 is 1.33 bits per heavy atom. The van der Waals surface area contributed by atoms with Crippen molar-refractivity contribution >= 4 is 50.3 Å². The number of aromatic amines is 1. The van der Waals surface area contributed by atoms with E-state index in [-0.39, 0.29) is 16.7 Å². The Morgan fingerprint density at radius 2 is 2.17 bits per heavy atom. The summed E-state index contributed by atoms with van der Waals surface area (Å²) in [5.74, 6) is 0.953. The third-order valence-corrected chi connectivity index (χ3v) is 7.74. The molecule has 0 bridgehead atoms. The molecule has 1 aromatic carbocycles. The van der Waals surface area contributed by atoms with Crippen LogP contribution in [0.1, 0.15) is 36.0 Å². The number of hydrogen-bond acceptors (Lipinski definition) is 6. The van der Waals surface area contributed by atoms with Crippen LogP contribution >= 0.6 is 23.1 Å². The van der Waals surface area contributed by atoms with Gasteiger partial charge in [0.2, 0.25) is 0 Å². The van der Waals surface area contributed by atoms with Crippen LogP contribution in [-0.4, -0.2) is 30.8 Å². The number of imidazole rings is 1. The van der Waals surface area contributed by atoms with Crippen LogP contribution in [-0.2, 0) is 23.4 Å². The number of thiophene rings is 1. The van der Waals surface area contributed by atoms with Crippen molar-refractivity contribution in [3.63, 3.8) is 0 Å². The van der Waals surface area contributed by atoms with Gasteiger partial charge in [0.1, 0.15) is 17.0 Å². The largest absolute Gasteiger partial charge is 0.309 e. The average molecular weight is 440 g/mol. The summed E-state index contributed by atoms with van der Waals surface area (Å²) in [6, 6.07) is 7.63. The molecule has 0 fully saturated rings. The normalized spacial score (nSPS) is 14.7. The van der Waals surface area contributed by atoms with Crippen LogP contribution in [0.3, 0.4) is 0 Å². The van der Waals surface area contributed by atoms with E-state index < -0.39 is 0 Å². The van der Waals surface area contributed by atoms with Crippen LogP contribution in [0.5, 0.6) is 0 Å². The zero-order chi connectivity index (χ0) is 20.7. The van der Waals surface area contributed by atoms with Gasteiger partial charge in [-0.1, -0.05) is 12.1 Å². The lowest BCUT2D eigenvalue weighted by atomic mass is 9.97. The highest BCUT2D eigenvalue weighted by molar-refractivity contribution is 7.99. The number of thioether (sulfide) groups is 1. The van der Waals surface area contributed by atoms with Crippen LogP contribution in [0.4, 0.5) is 0 Å². The van der Waals surface area contributed by atoms with Crippen LogP contribution in [0.15, 0.2) is 35.4 Å². The lowest BCUT2D eigenvalue weighted by Crippen LogP contribution is -2.29. The van der Waals surface area contributed by atoms with Crippen molar-refractivity contribution in [2.45, 2.75) is 43.6 Å².